The fourth-order valence-corrected chi connectivity index (χ4v) is 2.16. The Morgan fingerprint density at radius 1 is 1.53 bits per heavy atom. The van der Waals surface area contributed by atoms with Crippen molar-refractivity contribution in [2.75, 3.05) is 20.2 Å². The highest BCUT2D eigenvalue weighted by atomic mass is 16.5. The molecule has 1 aliphatic rings. The first-order chi connectivity index (χ1) is 7.06. The highest BCUT2D eigenvalue weighted by Crippen LogP contribution is 2.22. The van der Waals surface area contributed by atoms with Gasteiger partial charge in [0.2, 0.25) is 0 Å². The number of ether oxygens (including phenoxy) is 1. The Bertz CT molecular complexity index is 219. The van der Waals surface area contributed by atoms with Crippen LogP contribution in [0.15, 0.2) is 0 Å². The van der Waals surface area contributed by atoms with E-state index in [1.54, 1.807) is 4.90 Å². The SMILES string of the molecule is COC(=O)N1CCCC(C(N)C(C)C)C1. The van der Waals surface area contributed by atoms with Gasteiger partial charge in [-0.15, -0.1) is 0 Å². The van der Waals surface area contributed by atoms with Crippen molar-refractivity contribution < 1.29 is 9.53 Å². The van der Waals surface area contributed by atoms with Crippen LogP contribution < -0.4 is 5.73 Å². The monoisotopic (exact) mass is 214 g/mol. The molecular weight excluding hydrogens is 192 g/mol. The van der Waals surface area contributed by atoms with Crippen molar-refractivity contribution in [2.45, 2.75) is 32.7 Å². The molecule has 0 saturated carbocycles. The van der Waals surface area contributed by atoms with Crippen LogP contribution >= 0.6 is 0 Å². The molecule has 15 heavy (non-hydrogen) atoms. The van der Waals surface area contributed by atoms with E-state index in [1.807, 2.05) is 0 Å². The van der Waals surface area contributed by atoms with Gasteiger partial charge in [-0.2, -0.15) is 0 Å². The van der Waals surface area contributed by atoms with Gasteiger partial charge in [-0.05, 0) is 24.7 Å². The molecule has 1 saturated heterocycles. The molecule has 4 heteroatoms. The third-order valence-electron chi connectivity index (χ3n) is 3.20. The fourth-order valence-electron chi connectivity index (χ4n) is 2.16. The predicted molar refractivity (Wildman–Crippen MR) is 59.5 cm³/mol. The number of rotatable bonds is 2. The van der Waals surface area contributed by atoms with Gasteiger partial charge in [-0.3, -0.25) is 0 Å². The summed E-state index contributed by atoms with van der Waals surface area (Å²) in [6.07, 6.45) is 1.92. The van der Waals surface area contributed by atoms with E-state index in [2.05, 4.69) is 13.8 Å². The third-order valence-corrected chi connectivity index (χ3v) is 3.20. The van der Waals surface area contributed by atoms with Gasteiger partial charge < -0.3 is 15.4 Å². The van der Waals surface area contributed by atoms with Gasteiger partial charge in [0.15, 0.2) is 0 Å². The van der Waals surface area contributed by atoms with E-state index >= 15 is 0 Å². The molecule has 1 rings (SSSR count). The average Bonchev–Trinajstić information content (AvgIpc) is 2.27. The van der Waals surface area contributed by atoms with E-state index in [4.69, 9.17) is 10.5 Å². The number of nitrogens with zero attached hydrogens (tertiary/aromatic N) is 1. The van der Waals surface area contributed by atoms with Crippen molar-refractivity contribution in [3.05, 3.63) is 0 Å². The van der Waals surface area contributed by atoms with Crippen LogP contribution in [0.1, 0.15) is 26.7 Å². The summed E-state index contributed by atoms with van der Waals surface area (Å²) in [5.74, 6) is 0.880. The van der Waals surface area contributed by atoms with E-state index in [1.165, 1.54) is 7.11 Å². The predicted octanol–water partition coefficient (Wildman–Crippen LogP) is 1.45. The van der Waals surface area contributed by atoms with Crippen molar-refractivity contribution in [3.8, 4) is 0 Å². The minimum atomic E-state index is -0.226. The molecule has 0 spiro atoms. The van der Waals surface area contributed by atoms with Crippen LogP contribution in [0.2, 0.25) is 0 Å². The first kappa shape index (κ1) is 12.3. The Kier molecular flexibility index (Phi) is 4.39. The summed E-state index contributed by atoms with van der Waals surface area (Å²) in [5, 5.41) is 0. The van der Waals surface area contributed by atoms with Gasteiger partial charge in [-0.25, -0.2) is 4.79 Å². The first-order valence-corrected chi connectivity index (χ1v) is 5.64. The summed E-state index contributed by atoms with van der Waals surface area (Å²) in [7, 11) is 1.42. The van der Waals surface area contributed by atoms with Crippen LogP contribution in [0.5, 0.6) is 0 Å². The molecule has 4 nitrogen and oxygen atoms in total. The maximum atomic E-state index is 11.4. The maximum absolute atomic E-state index is 11.4. The molecule has 2 unspecified atom stereocenters. The minimum absolute atomic E-state index is 0.178. The highest BCUT2D eigenvalue weighted by molar-refractivity contribution is 5.67. The van der Waals surface area contributed by atoms with Crippen LogP contribution in [0.25, 0.3) is 0 Å². The molecular formula is C11H22N2O2. The third kappa shape index (κ3) is 3.09. The summed E-state index contributed by atoms with van der Waals surface area (Å²) in [5.41, 5.74) is 6.12. The summed E-state index contributed by atoms with van der Waals surface area (Å²) < 4.78 is 4.72. The number of hydrogen-bond donors (Lipinski definition) is 1. The van der Waals surface area contributed by atoms with E-state index < -0.39 is 0 Å². The Morgan fingerprint density at radius 2 is 2.20 bits per heavy atom. The van der Waals surface area contributed by atoms with Crippen molar-refractivity contribution in [1.82, 2.24) is 4.90 Å². The standard InChI is InChI=1S/C11H22N2O2/c1-8(2)10(12)9-5-4-6-13(7-9)11(14)15-3/h8-10H,4-7,12H2,1-3H3. The van der Waals surface area contributed by atoms with E-state index in [9.17, 15) is 4.79 Å². The molecule has 2 N–H and O–H groups in total. The Hall–Kier alpha value is -0.770. The molecule has 0 radical (unpaired) electrons. The van der Waals surface area contributed by atoms with Crippen molar-refractivity contribution in [3.63, 3.8) is 0 Å². The van der Waals surface area contributed by atoms with Gasteiger partial charge in [0, 0.05) is 19.1 Å². The lowest BCUT2D eigenvalue weighted by Gasteiger charge is -2.36. The topological polar surface area (TPSA) is 55.6 Å². The lowest BCUT2D eigenvalue weighted by molar-refractivity contribution is 0.0937. The first-order valence-electron chi connectivity index (χ1n) is 5.64. The largest absolute Gasteiger partial charge is 0.453 e. The number of hydrogen-bond acceptors (Lipinski definition) is 3. The van der Waals surface area contributed by atoms with Gasteiger partial charge in [-0.1, -0.05) is 13.8 Å². The molecule has 0 aromatic rings. The second-order valence-corrected chi connectivity index (χ2v) is 4.64. The summed E-state index contributed by atoms with van der Waals surface area (Å²) in [6.45, 7) is 5.80. The molecule has 1 heterocycles. The summed E-state index contributed by atoms with van der Waals surface area (Å²) in [4.78, 5) is 13.1. The van der Waals surface area contributed by atoms with Crippen LogP contribution in [0.4, 0.5) is 4.79 Å². The number of carbonyl (C=O) groups excluding carboxylic acids is 1. The quantitative estimate of drug-likeness (QED) is 0.757. The second-order valence-electron chi connectivity index (χ2n) is 4.64. The van der Waals surface area contributed by atoms with Crippen LogP contribution in [-0.2, 0) is 4.74 Å². The molecule has 2 atom stereocenters. The van der Waals surface area contributed by atoms with Crippen LogP contribution in [-0.4, -0.2) is 37.2 Å². The van der Waals surface area contributed by atoms with Crippen LogP contribution in [0.3, 0.4) is 0 Å². The van der Waals surface area contributed by atoms with E-state index in [-0.39, 0.29) is 12.1 Å². The van der Waals surface area contributed by atoms with Crippen molar-refractivity contribution in [1.29, 1.82) is 0 Å². The van der Waals surface area contributed by atoms with Gasteiger partial charge in [0.05, 0.1) is 7.11 Å². The zero-order valence-corrected chi connectivity index (χ0v) is 9.90. The van der Waals surface area contributed by atoms with Crippen LogP contribution in [0, 0.1) is 11.8 Å². The average molecular weight is 214 g/mol. The lowest BCUT2D eigenvalue weighted by atomic mass is 9.85. The number of methoxy groups -OCH3 is 1. The maximum Gasteiger partial charge on any atom is 0.409 e. The normalized spacial score (nSPS) is 24.1. The number of likely N-dealkylation sites (tertiary alicyclic amines) is 1. The number of carbonyl (C=O) groups is 1. The van der Waals surface area contributed by atoms with Gasteiger partial charge in [0.25, 0.3) is 0 Å². The molecule has 0 bridgehead atoms. The Labute approximate surface area is 91.8 Å². The zero-order chi connectivity index (χ0) is 11.4. The number of piperidine rings is 1. The van der Waals surface area contributed by atoms with Crippen molar-refractivity contribution >= 4 is 6.09 Å². The summed E-state index contributed by atoms with van der Waals surface area (Å²) >= 11 is 0. The zero-order valence-electron chi connectivity index (χ0n) is 9.90. The molecule has 88 valence electrons. The van der Waals surface area contributed by atoms with Gasteiger partial charge >= 0.3 is 6.09 Å². The minimum Gasteiger partial charge on any atom is -0.453 e. The second kappa shape index (κ2) is 5.35. The van der Waals surface area contributed by atoms with E-state index in [0.717, 1.165) is 25.9 Å². The molecule has 0 aliphatic carbocycles. The lowest BCUT2D eigenvalue weighted by Crippen LogP contribution is -2.47. The van der Waals surface area contributed by atoms with Crippen molar-refractivity contribution in [2.24, 2.45) is 17.6 Å². The number of amides is 1. The molecule has 1 amide bonds. The smallest absolute Gasteiger partial charge is 0.409 e. The molecule has 0 aromatic heterocycles. The molecule has 1 aliphatic heterocycles. The number of nitrogens with two attached hydrogens (primary N) is 1. The van der Waals surface area contributed by atoms with Gasteiger partial charge in [0.1, 0.15) is 0 Å². The Balaban J connectivity index is 2.52. The molecule has 1 fully saturated rings. The molecule has 0 aromatic carbocycles. The summed E-state index contributed by atoms with van der Waals surface area (Å²) in [6, 6.07) is 0.178. The van der Waals surface area contributed by atoms with E-state index in [0.29, 0.717) is 11.8 Å². The highest BCUT2D eigenvalue weighted by Gasteiger charge is 2.29. The Morgan fingerprint density at radius 3 is 2.73 bits per heavy atom. The fraction of sp³-hybridized carbons (Fsp3) is 0.909.